The molecule has 0 bridgehead atoms. The van der Waals surface area contributed by atoms with Gasteiger partial charge in [0.25, 0.3) is 5.91 Å². The summed E-state index contributed by atoms with van der Waals surface area (Å²) in [6, 6.07) is 6.82. The molecule has 2 rings (SSSR count). The highest BCUT2D eigenvalue weighted by Crippen LogP contribution is 2.21. The smallest absolute Gasteiger partial charge is 0.355 e. The maximum absolute atomic E-state index is 12.5. The van der Waals surface area contributed by atoms with Gasteiger partial charge >= 0.3 is 11.9 Å². The third-order valence-electron chi connectivity index (χ3n) is 4.18. The Morgan fingerprint density at radius 1 is 1.03 bits per heavy atom. The predicted octanol–water partition coefficient (Wildman–Crippen LogP) is 3.39. The van der Waals surface area contributed by atoms with Crippen LogP contribution in [-0.4, -0.2) is 42.1 Å². The van der Waals surface area contributed by atoms with Crippen molar-refractivity contribution in [2.24, 2.45) is 0 Å². The maximum Gasteiger partial charge on any atom is 0.355 e. The van der Waals surface area contributed by atoms with Crippen LogP contribution in [0.5, 0.6) is 5.75 Å². The van der Waals surface area contributed by atoms with Crippen LogP contribution < -0.4 is 10.1 Å². The Hall–Kier alpha value is -3.29. The lowest BCUT2D eigenvalue weighted by Gasteiger charge is -2.14. The van der Waals surface area contributed by atoms with Gasteiger partial charge in [-0.3, -0.25) is 4.79 Å². The van der Waals surface area contributed by atoms with Crippen LogP contribution in [0.3, 0.4) is 0 Å². The van der Waals surface area contributed by atoms with E-state index in [0.29, 0.717) is 28.3 Å². The van der Waals surface area contributed by atoms with Crippen LogP contribution in [0.25, 0.3) is 0 Å². The van der Waals surface area contributed by atoms with Crippen molar-refractivity contribution >= 4 is 23.5 Å². The molecule has 1 aromatic heterocycles. The van der Waals surface area contributed by atoms with Gasteiger partial charge in [0, 0.05) is 17.4 Å². The Kier molecular flexibility index (Phi) is 7.03. The second kappa shape index (κ2) is 9.27. The fraction of sp³-hybridized carbons (Fsp3) is 0.381. The molecule has 1 heterocycles. The quantitative estimate of drug-likeness (QED) is 0.688. The molecule has 0 aliphatic heterocycles. The summed E-state index contributed by atoms with van der Waals surface area (Å²) in [5, 5.41) is 2.66. The van der Waals surface area contributed by atoms with Crippen LogP contribution in [0.2, 0.25) is 0 Å². The van der Waals surface area contributed by atoms with Crippen LogP contribution in [-0.2, 0) is 14.3 Å². The summed E-state index contributed by atoms with van der Waals surface area (Å²) in [4.78, 5) is 40.0. The molecule has 29 heavy (non-hydrogen) atoms. The first-order valence-corrected chi connectivity index (χ1v) is 9.20. The number of ether oxygens (including phenoxy) is 3. The first-order chi connectivity index (χ1) is 13.6. The number of hydrogen-bond acceptors (Lipinski definition) is 6. The molecule has 1 aromatic carbocycles. The molecule has 2 N–H and O–H groups in total. The Labute approximate surface area is 169 Å². The van der Waals surface area contributed by atoms with E-state index in [0.717, 1.165) is 0 Å². The summed E-state index contributed by atoms with van der Waals surface area (Å²) in [6.07, 6.45) is -1.34. The lowest BCUT2D eigenvalue weighted by atomic mass is 10.1. The molecule has 1 amide bonds. The number of nitrogens with one attached hydrogen (secondary N) is 2. The van der Waals surface area contributed by atoms with Crippen LogP contribution in [0.15, 0.2) is 24.3 Å². The third kappa shape index (κ3) is 5.37. The maximum atomic E-state index is 12.5. The summed E-state index contributed by atoms with van der Waals surface area (Å²) in [5.74, 6) is -1.16. The summed E-state index contributed by atoms with van der Waals surface area (Å²) in [7, 11) is 1.53. The molecule has 2 aromatic rings. The summed E-state index contributed by atoms with van der Waals surface area (Å²) >= 11 is 0. The first kappa shape index (κ1) is 22.0. The highest BCUT2D eigenvalue weighted by Gasteiger charge is 2.27. The zero-order valence-corrected chi connectivity index (χ0v) is 17.4. The molecular formula is C21H26N2O6. The molecule has 0 aliphatic rings. The number of methoxy groups -OCH3 is 1. The number of rotatable bonds is 7. The molecule has 0 spiro atoms. The number of anilines is 1. The molecule has 8 nitrogen and oxygen atoms in total. The SMILES string of the molecule is COc1cccc(NC(=O)[C@@H](C)OC(=O)c2[nH]c(C)c(C(=O)OC(C)C)c2C)c1. The predicted molar refractivity (Wildman–Crippen MR) is 107 cm³/mol. The fourth-order valence-electron chi connectivity index (χ4n) is 2.75. The van der Waals surface area contributed by atoms with E-state index in [4.69, 9.17) is 14.2 Å². The van der Waals surface area contributed by atoms with Crippen molar-refractivity contribution in [3.8, 4) is 5.75 Å². The van der Waals surface area contributed by atoms with Gasteiger partial charge in [-0.15, -0.1) is 0 Å². The van der Waals surface area contributed by atoms with E-state index in [1.165, 1.54) is 14.0 Å². The number of aromatic nitrogens is 1. The van der Waals surface area contributed by atoms with E-state index in [1.54, 1.807) is 52.0 Å². The van der Waals surface area contributed by atoms with E-state index < -0.39 is 23.9 Å². The summed E-state index contributed by atoms with van der Waals surface area (Å²) in [6.45, 7) is 8.24. The number of H-pyrrole nitrogens is 1. The second-order valence-electron chi connectivity index (χ2n) is 6.85. The highest BCUT2D eigenvalue weighted by molar-refractivity contribution is 6.00. The normalized spacial score (nSPS) is 11.7. The van der Waals surface area contributed by atoms with Crippen molar-refractivity contribution in [3.63, 3.8) is 0 Å². The number of benzene rings is 1. The fourth-order valence-corrected chi connectivity index (χ4v) is 2.75. The van der Waals surface area contributed by atoms with Crippen molar-refractivity contribution in [3.05, 3.63) is 46.8 Å². The van der Waals surface area contributed by atoms with Gasteiger partial charge in [0.1, 0.15) is 11.4 Å². The largest absolute Gasteiger partial charge is 0.497 e. The van der Waals surface area contributed by atoms with Crippen molar-refractivity contribution in [2.75, 3.05) is 12.4 Å². The van der Waals surface area contributed by atoms with Gasteiger partial charge in [-0.2, -0.15) is 0 Å². The number of carbonyl (C=O) groups is 3. The van der Waals surface area contributed by atoms with E-state index in [1.807, 2.05) is 0 Å². The molecule has 0 fully saturated rings. The van der Waals surface area contributed by atoms with Gasteiger partial charge in [-0.25, -0.2) is 9.59 Å². The summed E-state index contributed by atoms with van der Waals surface area (Å²) in [5.41, 5.74) is 1.83. The number of esters is 2. The van der Waals surface area contributed by atoms with Crippen LogP contribution in [0.1, 0.15) is 52.9 Å². The van der Waals surface area contributed by atoms with Crippen molar-refractivity contribution in [1.29, 1.82) is 0 Å². The monoisotopic (exact) mass is 402 g/mol. The van der Waals surface area contributed by atoms with Crippen LogP contribution in [0, 0.1) is 13.8 Å². The van der Waals surface area contributed by atoms with Crippen LogP contribution in [0.4, 0.5) is 5.69 Å². The molecule has 0 unspecified atom stereocenters. The van der Waals surface area contributed by atoms with Crippen molar-refractivity contribution in [2.45, 2.75) is 46.8 Å². The molecule has 156 valence electrons. The van der Waals surface area contributed by atoms with Gasteiger partial charge in [0.15, 0.2) is 6.10 Å². The Bertz CT molecular complexity index is 916. The lowest BCUT2D eigenvalue weighted by Crippen LogP contribution is -2.30. The number of carbonyl (C=O) groups excluding carboxylic acids is 3. The average molecular weight is 402 g/mol. The lowest BCUT2D eigenvalue weighted by molar-refractivity contribution is -0.123. The van der Waals surface area contributed by atoms with Gasteiger partial charge in [0.05, 0.1) is 18.8 Å². The zero-order chi connectivity index (χ0) is 21.7. The van der Waals surface area contributed by atoms with E-state index in [-0.39, 0.29) is 11.8 Å². The Morgan fingerprint density at radius 2 is 1.72 bits per heavy atom. The second-order valence-corrected chi connectivity index (χ2v) is 6.85. The van der Waals surface area contributed by atoms with E-state index >= 15 is 0 Å². The number of aromatic amines is 1. The number of aryl methyl sites for hydroxylation is 1. The van der Waals surface area contributed by atoms with Crippen molar-refractivity contribution < 1.29 is 28.6 Å². The highest BCUT2D eigenvalue weighted by atomic mass is 16.6. The first-order valence-electron chi connectivity index (χ1n) is 9.20. The Balaban J connectivity index is 2.09. The molecule has 0 saturated carbocycles. The van der Waals surface area contributed by atoms with Gasteiger partial charge in [-0.1, -0.05) is 6.07 Å². The molecule has 0 aliphatic carbocycles. The molecule has 0 radical (unpaired) electrons. The standard InChI is InChI=1S/C21H26N2O6/c1-11(2)28-20(25)17-12(3)18(22-13(17)4)21(26)29-14(5)19(24)23-15-8-7-9-16(10-15)27-6/h7-11,14,22H,1-6H3,(H,23,24)/t14-/m1/s1. The molecular weight excluding hydrogens is 376 g/mol. The van der Waals surface area contributed by atoms with E-state index in [2.05, 4.69) is 10.3 Å². The molecule has 0 saturated heterocycles. The molecule has 1 atom stereocenters. The average Bonchev–Trinajstić information content (AvgIpc) is 2.95. The number of hydrogen-bond donors (Lipinski definition) is 2. The van der Waals surface area contributed by atoms with Crippen LogP contribution >= 0.6 is 0 Å². The zero-order valence-electron chi connectivity index (χ0n) is 17.4. The number of amides is 1. The summed E-state index contributed by atoms with van der Waals surface area (Å²) < 4.78 is 15.6. The minimum Gasteiger partial charge on any atom is -0.497 e. The topological polar surface area (TPSA) is 107 Å². The van der Waals surface area contributed by atoms with Gasteiger partial charge in [-0.05, 0) is 52.3 Å². The van der Waals surface area contributed by atoms with Gasteiger partial charge < -0.3 is 24.5 Å². The van der Waals surface area contributed by atoms with Crippen molar-refractivity contribution in [1.82, 2.24) is 4.98 Å². The minimum absolute atomic E-state index is 0.110. The Morgan fingerprint density at radius 3 is 2.34 bits per heavy atom. The molecule has 8 heteroatoms. The van der Waals surface area contributed by atoms with E-state index in [9.17, 15) is 14.4 Å². The minimum atomic E-state index is -1.05. The van der Waals surface area contributed by atoms with Gasteiger partial charge in [0.2, 0.25) is 0 Å². The third-order valence-corrected chi connectivity index (χ3v) is 4.18.